The van der Waals surface area contributed by atoms with Crippen molar-refractivity contribution in [1.29, 1.82) is 0 Å². The van der Waals surface area contributed by atoms with E-state index >= 15 is 0 Å². The van der Waals surface area contributed by atoms with Gasteiger partial charge in [0.15, 0.2) is 0 Å². The molecule has 0 bridgehead atoms. The summed E-state index contributed by atoms with van der Waals surface area (Å²) >= 11 is 0. The third-order valence-corrected chi connectivity index (χ3v) is 3.71. The lowest BCUT2D eigenvalue weighted by atomic mass is 10.2. The molecular weight excluding hydrogens is 344 g/mol. The molecule has 1 heterocycles. The maximum absolute atomic E-state index is 6.08. The van der Waals surface area contributed by atoms with Crippen LogP contribution in [0.4, 0.5) is 5.82 Å². The van der Waals surface area contributed by atoms with Crippen molar-refractivity contribution < 1.29 is 9.47 Å². The lowest BCUT2D eigenvalue weighted by Gasteiger charge is -2.22. The van der Waals surface area contributed by atoms with Crippen molar-refractivity contribution in [2.45, 2.75) is 34.2 Å². The molecule has 0 atom stereocenters. The van der Waals surface area contributed by atoms with Gasteiger partial charge in [-0.25, -0.2) is 15.8 Å². The fourth-order valence-electron chi connectivity index (χ4n) is 2.06. The zero-order valence-corrected chi connectivity index (χ0v) is 16.7. The summed E-state index contributed by atoms with van der Waals surface area (Å²) in [5, 5.41) is 1.50. The average molecular weight is 374 g/mol. The van der Waals surface area contributed by atoms with E-state index in [1.807, 2.05) is 45.0 Å². The van der Waals surface area contributed by atoms with Crippen LogP contribution < -0.4 is 26.8 Å². The average Bonchev–Trinajstić information content (AvgIpc) is 2.69. The lowest BCUT2D eigenvalue weighted by Crippen LogP contribution is -2.32. The number of aromatic nitrogens is 2. The molecule has 0 aliphatic carbocycles. The summed E-state index contributed by atoms with van der Waals surface area (Å²) in [6.45, 7) is 8.16. The number of ether oxygens (including phenoxy) is 2. The van der Waals surface area contributed by atoms with E-state index in [1.54, 1.807) is 20.2 Å². The van der Waals surface area contributed by atoms with Gasteiger partial charge in [0.1, 0.15) is 29.7 Å². The highest BCUT2D eigenvalue weighted by Crippen LogP contribution is 2.18. The van der Waals surface area contributed by atoms with E-state index in [-0.39, 0.29) is 6.61 Å². The second-order valence-electron chi connectivity index (χ2n) is 5.53. The molecule has 0 aliphatic rings. The van der Waals surface area contributed by atoms with Crippen LogP contribution in [-0.2, 0) is 6.54 Å². The second-order valence-corrected chi connectivity index (χ2v) is 5.53. The van der Waals surface area contributed by atoms with E-state index in [9.17, 15) is 0 Å². The molecule has 0 aliphatic heterocycles. The number of nitrogens with two attached hydrogens (primary N) is 3. The molecule has 0 spiro atoms. The SMILES string of the molecule is CC.COc1ccc(OC/C(N)=C(\C)N(N)Cc2cnc(C)nc2N)cc1. The van der Waals surface area contributed by atoms with Gasteiger partial charge in [0.25, 0.3) is 0 Å². The van der Waals surface area contributed by atoms with Crippen molar-refractivity contribution in [3.05, 3.63) is 53.2 Å². The van der Waals surface area contributed by atoms with Crippen molar-refractivity contribution in [3.63, 3.8) is 0 Å². The predicted octanol–water partition coefficient (Wildman–Crippen LogP) is 2.35. The maximum atomic E-state index is 6.08. The summed E-state index contributed by atoms with van der Waals surface area (Å²) in [5.41, 5.74) is 13.9. The minimum atomic E-state index is 0.214. The summed E-state index contributed by atoms with van der Waals surface area (Å²) in [7, 11) is 1.61. The first-order valence-electron chi connectivity index (χ1n) is 8.73. The number of benzene rings is 1. The van der Waals surface area contributed by atoms with Crippen LogP contribution in [0.2, 0.25) is 0 Å². The summed E-state index contributed by atoms with van der Waals surface area (Å²) in [4.78, 5) is 8.25. The van der Waals surface area contributed by atoms with E-state index < -0.39 is 0 Å². The minimum absolute atomic E-state index is 0.214. The number of hydrogen-bond donors (Lipinski definition) is 3. The van der Waals surface area contributed by atoms with Crippen LogP contribution in [0, 0.1) is 6.92 Å². The number of hydrogen-bond acceptors (Lipinski definition) is 8. The molecule has 0 fully saturated rings. The third kappa shape index (κ3) is 6.67. The summed E-state index contributed by atoms with van der Waals surface area (Å²) in [6.07, 6.45) is 1.66. The first-order valence-corrected chi connectivity index (χ1v) is 8.73. The van der Waals surface area contributed by atoms with Gasteiger partial charge in [-0.3, -0.25) is 0 Å². The quantitative estimate of drug-likeness (QED) is 0.498. The molecule has 2 aromatic rings. The Morgan fingerprint density at radius 2 is 1.74 bits per heavy atom. The summed E-state index contributed by atoms with van der Waals surface area (Å²) in [5.74, 6) is 8.55. The Bertz CT molecular complexity index is 746. The van der Waals surface area contributed by atoms with Crippen molar-refractivity contribution >= 4 is 5.82 Å². The first kappa shape index (κ1) is 22.0. The molecule has 0 saturated carbocycles. The Labute approximate surface area is 161 Å². The zero-order valence-electron chi connectivity index (χ0n) is 16.7. The molecule has 0 saturated heterocycles. The number of nitrogen functional groups attached to an aromatic ring is 1. The Kier molecular flexibility index (Phi) is 8.87. The van der Waals surface area contributed by atoms with Gasteiger partial charge in [0.2, 0.25) is 0 Å². The van der Waals surface area contributed by atoms with E-state index in [0.717, 1.165) is 11.3 Å². The van der Waals surface area contributed by atoms with Gasteiger partial charge in [-0.1, -0.05) is 13.8 Å². The van der Waals surface area contributed by atoms with Crippen LogP contribution in [0.1, 0.15) is 32.2 Å². The van der Waals surface area contributed by atoms with Crippen LogP contribution >= 0.6 is 0 Å². The molecule has 0 radical (unpaired) electrons. The van der Waals surface area contributed by atoms with Gasteiger partial charge in [0.05, 0.1) is 19.4 Å². The van der Waals surface area contributed by atoms with Gasteiger partial charge < -0.3 is 25.9 Å². The molecule has 6 N–H and O–H groups in total. The van der Waals surface area contributed by atoms with Gasteiger partial charge in [-0.2, -0.15) is 0 Å². The Balaban J connectivity index is 0.00000176. The molecule has 0 amide bonds. The number of aryl methyl sites for hydroxylation is 1. The molecule has 1 aromatic heterocycles. The second kappa shape index (κ2) is 10.9. The number of hydrazine groups is 1. The third-order valence-electron chi connectivity index (χ3n) is 3.71. The van der Waals surface area contributed by atoms with Crippen LogP contribution in [-0.4, -0.2) is 28.7 Å². The highest BCUT2D eigenvalue weighted by Gasteiger charge is 2.10. The smallest absolute Gasteiger partial charge is 0.132 e. The highest BCUT2D eigenvalue weighted by atomic mass is 16.5. The Morgan fingerprint density at radius 1 is 1.15 bits per heavy atom. The number of rotatable bonds is 7. The van der Waals surface area contributed by atoms with Gasteiger partial charge >= 0.3 is 0 Å². The van der Waals surface area contributed by atoms with Crippen LogP contribution in [0.15, 0.2) is 41.9 Å². The van der Waals surface area contributed by atoms with Crippen LogP contribution in [0.25, 0.3) is 0 Å². The standard InChI is InChI=1S/C17H24N6O2.C2H6/c1-11(23(20)9-13-8-21-12(2)22-17(13)19)16(18)10-25-15-6-4-14(24-3)5-7-15;1-2/h4-8H,9-10,18,20H2,1-3H3,(H2,19,21,22);1-2H3/b16-11-;. The largest absolute Gasteiger partial charge is 0.497 e. The van der Waals surface area contributed by atoms with Gasteiger partial charge in [0, 0.05) is 17.5 Å². The normalized spacial score (nSPS) is 11.0. The Hall–Kier alpha value is -3.00. The molecule has 1 aromatic carbocycles. The monoisotopic (exact) mass is 374 g/mol. The molecular formula is C19H30N6O2. The fourth-order valence-corrected chi connectivity index (χ4v) is 2.06. The molecule has 0 unspecified atom stereocenters. The van der Waals surface area contributed by atoms with Crippen molar-refractivity contribution in [3.8, 4) is 11.5 Å². The maximum Gasteiger partial charge on any atom is 0.132 e. The van der Waals surface area contributed by atoms with Crippen molar-refractivity contribution in [1.82, 2.24) is 15.0 Å². The lowest BCUT2D eigenvalue weighted by molar-refractivity contribution is 0.317. The number of anilines is 1. The molecule has 8 heteroatoms. The summed E-state index contributed by atoms with van der Waals surface area (Å²) in [6, 6.07) is 7.26. The first-order chi connectivity index (χ1) is 12.9. The van der Waals surface area contributed by atoms with Crippen LogP contribution in [0.3, 0.4) is 0 Å². The minimum Gasteiger partial charge on any atom is -0.497 e. The fraction of sp³-hybridized carbons (Fsp3) is 0.368. The van der Waals surface area contributed by atoms with Crippen molar-refractivity contribution in [2.24, 2.45) is 11.6 Å². The zero-order chi connectivity index (χ0) is 20.4. The predicted molar refractivity (Wildman–Crippen MR) is 108 cm³/mol. The van der Waals surface area contributed by atoms with E-state index in [2.05, 4.69) is 9.97 Å². The molecule has 8 nitrogen and oxygen atoms in total. The number of nitrogens with zero attached hydrogens (tertiary/aromatic N) is 3. The molecule has 148 valence electrons. The van der Waals surface area contributed by atoms with Gasteiger partial charge in [-0.05, 0) is 38.1 Å². The molecule has 2 rings (SSSR count). The van der Waals surface area contributed by atoms with E-state index in [4.69, 9.17) is 26.8 Å². The van der Waals surface area contributed by atoms with E-state index in [1.165, 1.54) is 5.01 Å². The number of methoxy groups -OCH3 is 1. The number of allylic oxidation sites excluding steroid dienone is 1. The van der Waals surface area contributed by atoms with E-state index in [0.29, 0.717) is 35.3 Å². The molecule has 27 heavy (non-hydrogen) atoms. The highest BCUT2D eigenvalue weighted by molar-refractivity contribution is 5.37. The van der Waals surface area contributed by atoms with Crippen LogP contribution in [0.5, 0.6) is 11.5 Å². The van der Waals surface area contributed by atoms with Gasteiger partial charge in [-0.15, -0.1) is 0 Å². The topological polar surface area (TPSA) is 126 Å². The summed E-state index contributed by atoms with van der Waals surface area (Å²) < 4.78 is 10.8. The Morgan fingerprint density at radius 3 is 2.30 bits per heavy atom. The van der Waals surface area contributed by atoms with Crippen molar-refractivity contribution in [2.75, 3.05) is 19.5 Å².